The lowest BCUT2D eigenvalue weighted by Gasteiger charge is -2.12. The predicted octanol–water partition coefficient (Wildman–Crippen LogP) is 7.38. The first-order chi connectivity index (χ1) is 17.0. The highest BCUT2D eigenvalue weighted by Crippen LogP contribution is 2.33. The molecular weight excluding hydrogens is 462 g/mol. The Bertz CT molecular complexity index is 1570. The Balaban J connectivity index is 1.60. The first kappa shape index (κ1) is 22.3. The Labute approximate surface area is 206 Å². The van der Waals surface area contributed by atoms with Crippen molar-refractivity contribution in [3.63, 3.8) is 0 Å². The number of hydrogen-bond donors (Lipinski definition) is 1. The SMILES string of the molecule is O=C(Nc1cccc(Cl)c1)c1ccc2nc(-c3ccc([N+](=O)[O-])cc3)cc(-c3ccccc3)c2c1. The second-order valence-corrected chi connectivity index (χ2v) is 8.36. The highest BCUT2D eigenvalue weighted by atomic mass is 35.5. The van der Waals surface area contributed by atoms with Crippen LogP contribution in [-0.4, -0.2) is 15.8 Å². The molecule has 6 nitrogen and oxygen atoms in total. The topological polar surface area (TPSA) is 85.1 Å². The van der Waals surface area contributed by atoms with Crippen LogP contribution in [0, 0.1) is 10.1 Å². The van der Waals surface area contributed by atoms with Crippen molar-refractivity contribution in [3.8, 4) is 22.4 Å². The summed E-state index contributed by atoms with van der Waals surface area (Å²) in [5.41, 5.74) is 5.14. The number of anilines is 1. The van der Waals surface area contributed by atoms with Gasteiger partial charge in [-0.25, -0.2) is 4.98 Å². The molecule has 170 valence electrons. The first-order valence-electron chi connectivity index (χ1n) is 10.8. The number of carbonyl (C=O) groups excluding carboxylic acids is 1. The van der Waals surface area contributed by atoms with E-state index in [0.717, 1.165) is 22.1 Å². The molecule has 35 heavy (non-hydrogen) atoms. The number of amides is 1. The second-order valence-electron chi connectivity index (χ2n) is 7.92. The van der Waals surface area contributed by atoms with Crippen LogP contribution in [0.1, 0.15) is 10.4 Å². The summed E-state index contributed by atoms with van der Waals surface area (Å²) >= 11 is 6.04. The molecule has 0 unspecified atom stereocenters. The highest BCUT2D eigenvalue weighted by molar-refractivity contribution is 6.31. The number of nitro benzene ring substituents is 1. The summed E-state index contributed by atoms with van der Waals surface area (Å²) in [7, 11) is 0. The van der Waals surface area contributed by atoms with Crippen molar-refractivity contribution in [2.75, 3.05) is 5.32 Å². The number of hydrogen-bond acceptors (Lipinski definition) is 4. The summed E-state index contributed by atoms with van der Waals surface area (Å²) in [5, 5.41) is 15.3. The van der Waals surface area contributed by atoms with Crippen molar-refractivity contribution < 1.29 is 9.72 Å². The van der Waals surface area contributed by atoms with Crippen molar-refractivity contribution >= 4 is 39.8 Å². The first-order valence-corrected chi connectivity index (χ1v) is 11.2. The number of non-ortho nitro benzene ring substituents is 1. The number of nitrogens with one attached hydrogen (secondary N) is 1. The lowest BCUT2D eigenvalue weighted by Crippen LogP contribution is -2.11. The van der Waals surface area contributed by atoms with Crippen LogP contribution in [0.2, 0.25) is 5.02 Å². The largest absolute Gasteiger partial charge is 0.322 e. The fourth-order valence-corrected chi connectivity index (χ4v) is 4.09. The van der Waals surface area contributed by atoms with E-state index in [1.807, 2.05) is 48.5 Å². The number of pyridine rings is 1. The number of nitro groups is 1. The number of rotatable bonds is 5. The fourth-order valence-electron chi connectivity index (χ4n) is 3.89. The molecule has 0 atom stereocenters. The molecule has 1 aromatic heterocycles. The van der Waals surface area contributed by atoms with Gasteiger partial charge < -0.3 is 5.32 Å². The minimum absolute atomic E-state index is 0.0215. The van der Waals surface area contributed by atoms with E-state index in [-0.39, 0.29) is 11.6 Å². The zero-order chi connectivity index (χ0) is 24.4. The van der Waals surface area contributed by atoms with E-state index in [2.05, 4.69) is 5.32 Å². The molecule has 1 amide bonds. The van der Waals surface area contributed by atoms with Gasteiger partial charge in [-0.2, -0.15) is 0 Å². The second kappa shape index (κ2) is 9.37. The molecule has 0 spiro atoms. The molecule has 1 N–H and O–H groups in total. The van der Waals surface area contributed by atoms with Crippen LogP contribution in [0.3, 0.4) is 0 Å². The summed E-state index contributed by atoms with van der Waals surface area (Å²) in [4.78, 5) is 28.4. The van der Waals surface area contributed by atoms with Gasteiger partial charge in [0.15, 0.2) is 0 Å². The van der Waals surface area contributed by atoms with Crippen LogP contribution in [0.25, 0.3) is 33.3 Å². The third-order valence-corrected chi connectivity index (χ3v) is 5.85. The van der Waals surface area contributed by atoms with Crippen molar-refractivity contribution in [1.29, 1.82) is 0 Å². The van der Waals surface area contributed by atoms with E-state index >= 15 is 0 Å². The molecule has 0 aliphatic heterocycles. The van der Waals surface area contributed by atoms with Gasteiger partial charge in [0.25, 0.3) is 11.6 Å². The van der Waals surface area contributed by atoms with Crippen LogP contribution in [0.5, 0.6) is 0 Å². The van der Waals surface area contributed by atoms with Crippen LogP contribution >= 0.6 is 11.6 Å². The van der Waals surface area contributed by atoms with E-state index in [1.165, 1.54) is 12.1 Å². The quantitative estimate of drug-likeness (QED) is 0.210. The van der Waals surface area contributed by atoms with Crippen molar-refractivity contribution in [1.82, 2.24) is 4.98 Å². The maximum absolute atomic E-state index is 13.0. The summed E-state index contributed by atoms with van der Waals surface area (Å²) in [6.07, 6.45) is 0. The molecule has 5 aromatic rings. The summed E-state index contributed by atoms with van der Waals surface area (Å²) in [6.45, 7) is 0. The fraction of sp³-hybridized carbons (Fsp3) is 0. The zero-order valence-corrected chi connectivity index (χ0v) is 19.1. The number of aromatic nitrogens is 1. The Kier molecular flexibility index (Phi) is 5.95. The normalized spacial score (nSPS) is 10.8. The van der Waals surface area contributed by atoms with Gasteiger partial charge in [-0.1, -0.05) is 48.0 Å². The number of halogens is 1. The van der Waals surface area contributed by atoms with Gasteiger partial charge in [-0.15, -0.1) is 0 Å². The number of fused-ring (bicyclic) bond motifs is 1. The van der Waals surface area contributed by atoms with Crippen LogP contribution < -0.4 is 5.32 Å². The molecule has 0 radical (unpaired) electrons. The molecule has 7 heteroatoms. The predicted molar refractivity (Wildman–Crippen MR) is 139 cm³/mol. The third-order valence-electron chi connectivity index (χ3n) is 5.61. The Hall–Kier alpha value is -4.55. The van der Waals surface area contributed by atoms with E-state index in [1.54, 1.807) is 42.5 Å². The number of carbonyl (C=O) groups is 1. The monoisotopic (exact) mass is 479 g/mol. The Morgan fingerprint density at radius 3 is 2.31 bits per heavy atom. The molecule has 0 saturated heterocycles. The Morgan fingerprint density at radius 1 is 0.829 bits per heavy atom. The highest BCUT2D eigenvalue weighted by Gasteiger charge is 2.14. The summed E-state index contributed by atoms with van der Waals surface area (Å²) in [5.74, 6) is -0.257. The van der Waals surface area contributed by atoms with Crippen molar-refractivity contribution in [3.05, 3.63) is 124 Å². The number of nitrogens with zero attached hydrogens (tertiary/aromatic N) is 2. The van der Waals surface area contributed by atoms with Gasteiger partial charge in [0, 0.05) is 39.4 Å². The molecule has 0 aliphatic rings. The molecule has 4 aromatic carbocycles. The lowest BCUT2D eigenvalue weighted by molar-refractivity contribution is -0.384. The molecule has 0 bridgehead atoms. The van der Waals surface area contributed by atoms with Gasteiger partial charge in [0.05, 0.1) is 16.1 Å². The van der Waals surface area contributed by atoms with Gasteiger partial charge >= 0.3 is 0 Å². The average Bonchev–Trinajstić information content (AvgIpc) is 2.88. The minimum Gasteiger partial charge on any atom is -0.322 e. The van der Waals surface area contributed by atoms with Gasteiger partial charge in [0.2, 0.25) is 0 Å². The number of benzene rings is 4. The maximum Gasteiger partial charge on any atom is 0.269 e. The van der Waals surface area contributed by atoms with Crippen LogP contribution in [0.4, 0.5) is 11.4 Å². The third kappa shape index (κ3) is 4.74. The van der Waals surface area contributed by atoms with E-state index < -0.39 is 4.92 Å². The van der Waals surface area contributed by atoms with Crippen LogP contribution in [0.15, 0.2) is 103 Å². The van der Waals surface area contributed by atoms with Crippen molar-refractivity contribution in [2.24, 2.45) is 0 Å². The van der Waals surface area contributed by atoms with Gasteiger partial charge in [0.1, 0.15) is 0 Å². The zero-order valence-electron chi connectivity index (χ0n) is 18.3. The minimum atomic E-state index is -0.428. The maximum atomic E-state index is 13.0. The molecule has 5 rings (SSSR count). The molecular formula is C28H18ClN3O3. The molecule has 0 aliphatic carbocycles. The molecule has 1 heterocycles. The molecule has 0 saturated carbocycles. The van der Waals surface area contributed by atoms with Crippen LogP contribution in [-0.2, 0) is 0 Å². The Morgan fingerprint density at radius 2 is 1.60 bits per heavy atom. The van der Waals surface area contributed by atoms with Gasteiger partial charge in [-0.05, 0) is 65.7 Å². The molecule has 0 fully saturated rings. The van der Waals surface area contributed by atoms with E-state index in [0.29, 0.717) is 27.5 Å². The lowest BCUT2D eigenvalue weighted by atomic mass is 9.97. The van der Waals surface area contributed by atoms with E-state index in [4.69, 9.17) is 16.6 Å². The van der Waals surface area contributed by atoms with Crippen molar-refractivity contribution in [2.45, 2.75) is 0 Å². The standard InChI is InChI=1S/C28H18ClN3O3/c29-21-7-4-8-22(16-21)30-28(33)20-11-14-26-25(15-20)24(18-5-2-1-3-6-18)17-27(31-26)19-9-12-23(13-10-19)32(34)35/h1-17H,(H,30,33). The smallest absolute Gasteiger partial charge is 0.269 e. The summed E-state index contributed by atoms with van der Waals surface area (Å²) in [6, 6.07) is 30.4. The average molecular weight is 480 g/mol. The van der Waals surface area contributed by atoms with E-state index in [9.17, 15) is 14.9 Å². The van der Waals surface area contributed by atoms with Gasteiger partial charge in [-0.3, -0.25) is 14.9 Å². The summed E-state index contributed by atoms with van der Waals surface area (Å²) < 4.78 is 0.